The molecule has 0 saturated carbocycles. The number of benzene rings is 2. The van der Waals surface area contributed by atoms with Gasteiger partial charge in [-0.05, 0) is 49.8 Å². The van der Waals surface area contributed by atoms with Gasteiger partial charge in [-0.2, -0.15) is 0 Å². The Hall–Kier alpha value is -1.84. The van der Waals surface area contributed by atoms with Crippen LogP contribution in [0.4, 0.5) is 0 Å². The number of hydrogen-bond acceptors (Lipinski definition) is 2. The van der Waals surface area contributed by atoms with E-state index in [1.54, 1.807) is 0 Å². The number of rotatable bonds is 4. The van der Waals surface area contributed by atoms with Gasteiger partial charge in [-0.3, -0.25) is 4.79 Å². The van der Waals surface area contributed by atoms with E-state index in [1.165, 1.54) is 5.56 Å². The lowest BCUT2D eigenvalue weighted by molar-refractivity contribution is 0.0571. The van der Waals surface area contributed by atoms with Gasteiger partial charge in [0.1, 0.15) is 0 Å². The molecule has 0 spiro atoms. The molecule has 2 fully saturated rings. The molecule has 4 heteroatoms. The predicted molar refractivity (Wildman–Crippen MR) is 103 cm³/mol. The standard InChI is InChI=1S/C22H24ClNO2/c1-15-6-5-9-18(20(15)23)21(26)24-17-10-11-19(24)22(13-17,14-25)12-16-7-3-2-4-8-16/h2-9,17,19,25H,10-14H2,1H3/t17-,19+,22-/m0/s1. The molecule has 2 saturated heterocycles. The van der Waals surface area contributed by atoms with E-state index in [0.717, 1.165) is 31.2 Å². The maximum Gasteiger partial charge on any atom is 0.255 e. The van der Waals surface area contributed by atoms with Crippen molar-refractivity contribution < 1.29 is 9.90 Å². The van der Waals surface area contributed by atoms with Gasteiger partial charge in [-0.15, -0.1) is 0 Å². The third-order valence-electron chi connectivity index (χ3n) is 6.22. The van der Waals surface area contributed by atoms with Gasteiger partial charge < -0.3 is 10.0 Å². The zero-order valence-corrected chi connectivity index (χ0v) is 15.7. The Labute approximate surface area is 159 Å². The summed E-state index contributed by atoms with van der Waals surface area (Å²) < 4.78 is 0. The molecule has 4 rings (SSSR count). The molecule has 0 aromatic heterocycles. The molecule has 1 N–H and O–H groups in total. The molecule has 3 nitrogen and oxygen atoms in total. The number of amides is 1. The molecular weight excluding hydrogens is 346 g/mol. The van der Waals surface area contributed by atoms with Crippen LogP contribution in [0.3, 0.4) is 0 Å². The van der Waals surface area contributed by atoms with Gasteiger partial charge in [-0.25, -0.2) is 0 Å². The zero-order valence-electron chi connectivity index (χ0n) is 15.0. The van der Waals surface area contributed by atoms with Crippen molar-refractivity contribution in [2.75, 3.05) is 6.61 Å². The molecule has 2 aliphatic rings. The third kappa shape index (κ3) is 2.74. The molecule has 2 heterocycles. The Morgan fingerprint density at radius 2 is 1.96 bits per heavy atom. The highest BCUT2D eigenvalue weighted by Crippen LogP contribution is 2.52. The van der Waals surface area contributed by atoms with E-state index in [1.807, 2.05) is 48.2 Å². The van der Waals surface area contributed by atoms with Gasteiger partial charge in [0.05, 0.1) is 17.2 Å². The van der Waals surface area contributed by atoms with E-state index in [0.29, 0.717) is 10.6 Å². The van der Waals surface area contributed by atoms with Crippen molar-refractivity contribution in [1.82, 2.24) is 4.90 Å². The van der Waals surface area contributed by atoms with E-state index in [9.17, 15) is 9.90 Å². The molecule has 0 aliphatic carbocycles. The van der Waals surface area contributed by atoms with E-state index in [-0.39, 0.29) is 30.0 Å². The van der Waals surface area contributed by atoms with Crippen LogP contribution in [0.2, 0.25) is 5.02 Å². The summed E-state index contributed by atoms with van der Waals surface area (Å²) in [6.45, 7) is 2.03. The summed E-state index contributed by atoms with van der Waals surface area (Å²) in [4.78, 5) is 15.3. The largest absolute Gasteiger partial charge is 0.396 e. The molecular formula is C22H24ClNO2. The predicted octanol–water partition coefficient (Wildman–Crippen LogP) is 4.25. The normalized spacial score (nSPS) is 27.1. The van der Waals surface area contributed by atoms with Crippen molar-refractivity contribution in [2.45, 2.75) is 44.7 Å². The molecule has 1 amide bonds. The number of aliphatic hydroxyl groups is 1. The van der Waals surface area contributed by atoms with Gasteiger partial charge in [0.25, 0.3) is 5.91 Å². The number of aryl methyl sites for hydroxylation is 1. The number of hydrogen-bond donors (Lipinski definition) is 1. The maximum atomic E-state index is 13.3. The van der Waals surface area contributed by atoms with Gasteiger partial charge in [-0.1, -0.05) is 54.1 Å². The number of fused-ring (bicyclic) bond motifs is 2. The van der Waals surface area contributed by atoms with Crippen LogP contribution in [0.1, 0.15) is 40.7 Å². The minimum absolute atomic E-state index is 0.00888. The second-order valence-corrected chi connectivity index (χ2v) is 8.16. The molecule has 2 aromatic carbocycles. The summed E-state index contributed by atoms with van der Waals surface area (Å²) in [6.07, 6.45) is 3.62. The topological polar surface area (TPSA) is 40.5 Å². The van der Waals surface area contributed by atoms with Crippen molar-refractivity contribution in [3.05, 3.63) is 70.2 Å². The van der Waals surface area contributed by atoms with Crippen LogP contribution in [-0.4, -0.2) is 34.6 Å². The highest BCUT2D eigenvalue weighted by atomic mass is 35.5. The first-order chi connectivity index (χ1) is 12.6. The van der Waals surface area contributed by atoms with Crippen LogP contribution in [0.5, 0.6) is 0 Å². The zero-order chi connectivity index (χ0) is 18.3. The summed E-state index contributed by atoms with van der Waals surface area (Å²) in [5.74, 6) is 0.00888. The molecule has 2 aromatic rings. The van der Waals surface area contributed by atoms with E-state index in [2.05, 4.69) is 12.1 Å². The van der Waals surface area contributed by atoms with Crippen LogP contribution < -0.4 is 0 Å². The van der Waals surface area contributed by atoms with Gasteiger partial charge in [0, 0.05) is 17.5 Å². The Morgan fingerprint density at radius 1 is 1.19 bits per heavy atom. The highest BCUT2D eigenvalue weighted by Gasteiger charge is 2.57. The SMILES string of the molecule is Cc1cccc(C(=O)N2[C@H]3CC[C@@H]2[C@@](CO)(Cc2ccccc2)C3)c1Cl. The smallest absolute Gasteiger partial charge is 0.255 e. The van der Waals surface area contributed by atoms with Crippen molar-refractivity contribution in [1.29, 1.82) is 0 Å². The Bertz CT molecular complexity index is 822. The summed E-state index contributed by atoms with van der Waals surface area (Å²) >= 11 is 6.42. The number of nitrogens with zero attached hydrogens (tertiary/aromatic N) is 1. The highest BCUT2D eigenvalue weighted by molar-refractivity contribution is 6.34. The fourth-order valence-corrected chi connectivity index (χ4v) is 5.17. The van der Waals surface area contributed by atoms with Crippen LogP contribution in [0.25, 0.3) is 0 Å². The van der Waals surface area contributed by atoms with Crippen LogP contribution in [-0.2, 0) is 6.42 Å². The summed E-state index contributed by atoms with van der Waals surface area (Å²) in [6, 6.07) is 16.2. The minimum atomic E-state index is -0.254. The average Bonchev–Trinajstić information content (AvgIpc) is 3.20. The number of carbonyl (C=O) groups is 1. The molecule has 2 aliphatic heterocycles. The Balaban J connectivity index is 1.65. The summed E-state index contributed by atoms with van der Waals surface area (Å²) in [5, 5.41) is 10.8. The lowest BCUT2D eigenvalue weighted by Crippen LogP contribution is -2.44. The quantitative estimate of drug-likeness (QED) is 0.875. The van der Waals surface area contributed by atoms with Gasteiger partial charge in [0.15, 0.2) is 0 Å². The molecule has 0 unspecified atom stereocenters. The molecule has 136 valence electrons. The average molecular weight is 370 g/mol. The molecule has 3 atom stereocenters. The first-order valence-corrected chi connectivity index (χ1v) is 9.66. The molecule has 2 bridgehead atoms. The second kappa shape index (κ2) is 6.71. The number of halogens is 1. The molecule has 0 radical (unpaired) electrons. The molecule has 26 heavy (non-hydrogen) atoms. The fourth-order valence-electron chi connectivity index (χ4n) is 4.97. The van der Waals surface area contributed by atoms with Crippen molar-refractivity contribution in [3.63, 3.8) is 0 Å². The van der Waals surface area contributed by atoms with E-state index in [4.69, 9.17) is 11.6 Å². The first-order valence-electron chi connectivity index (χ1n) is 9.28. The Kier molecular flexibility index (Phi) is 4.54. The Morgan fingerprint density at radius 3 is 2.69 bits per heavy atom. The monoisotopic (exact) mass is 369 g/mol. The maximum absolute atomic E-state index is 13.3. The van der Waals surface area contributed by atoms with Gasteiger partial charge >= 0.3 is 0 Å². The first kappa shape index (κ1) is 17.6. The number of aliphatic hydroxyl groups excluding tert-OH is 1. The van der Waals surface area contributed by atoms with E-state index < -0.39 is 0 Å². The minimum Gasteiger partial charge on any atom is -0.396 e. The van der Waals surface area contributed by atoms with Crippen molar-refractivity contribution in [3.8, 4) is 0 Å². The second-order valence-electron chi connectivity index (χ2n) is 7.78. The number of carbonyl (C=O) groups excluding carboxylic acids is 1. The van der Waals surface area contributed by atoms with Crippen LogP contribution in [0.15, 0.2) is 48.5 Å². The fraction of sp³-hybridized carbons (Fsp3) is 0.409. The lowest BCUT2D eigenvalue weighted by Gasteiger charge is -2.36. The van der Waals surface area contributed by atoms with Gasteiger partial charge in [0.2, 0.25) is 0 Å². The summed E-state index contributed by atoms with van der Waals surface area (Å²) in [5.41, 5.74) is 2.46. The summed E-state index contributed by atoms with van der Waals surface area (Å²) in [7, 11) is 0. The van der Waals surface area contributed by atoms with Crippen LogP contribution in [0, 0.1) is 12.3 Å². The van der Waals surface area contributed by atoms with E-state index >= 15 is 0 Å². The van der Waals surface area contributed by atoms with Crippen molar-refractivity contribution >= 4 is 17.5 Å². The van der Waals surface area contributed by atoms with Crippen molar-refractivity contribution in [2.24, 2.45) is 5.41 Å². The van der Waals surface area contributed by atoms with Crippen LogP contribution >= 0.6 is 11.6 Å². The third-order valence-corrected chi connectivity index (χ3v) is 6.72. The lowest BCUT2D eigenvalue weighted by atomic mass is 9.70.